The van der Waals surface area contributed by atoms with Crippen molar-refractivity contribution in [1.82, 2.24) is 9.80 Å². The fourth-order valence-electron chi connectivity index (χ4n) is 3.06. The van der Waals surface area contributed by atoms with Gasteiger partial charge in [0.25, 0.3) is 5.91 Å². The summed E-state index contributed by atoms with van der Waals surface area (Å²) in [5, 5.41) is 0. The van der Waals surface area contributed by atoms with Gasteiger partial charge in [-0.25, -0.2) is 4.39 Å². The normalized spacial score (nSPS) is 18.5. The van der Waals surface area contributed by atoms with Crippen LogP contribution >= 0.6 is 0 Å². The van der Waals surface area contributed by atoms with Crippen LogP contribution in [0.1, 0.15) is 29.6 Å². The van der Waals surface area contributed by atoms with Crippen LogP contribution in [0.4, 0.5) is 4.39 Å². The molecule has 1 aromatic rings. The number of amides is 2. The predicted octanol–water partition coefficient (Wildman–Crippen LogP) is 1.92. The first-order valence-electron chi connectivity index (χ1n) is 8.01. The third-order valence-corrected chi connectivity index (χ3v) is 4.72. The van der Waals surface area contributed by atoms with E-state index in [1.54, 1.807) is 4.90 Å². The van der Waals surface area contributed by atoms with E-state index in [4.69, 9.17) is 4.74 Å². The molecule has 0 spiro atoms. The minimum absolute atomic E-state index is 0.181. The fourth-order valence-corrected chi connectivity index (χ4v) is 3.06. The molecular formula is C17H21FN2O3. The number of halogens is 1. The Morgan fingerprint density at radius 2 is 1.78 bits per heavy atom. The minimum Gasteiger partial charge on any atom is -0.496 e. The molecule has 1 aliphatic carbocycles. The van der Waals surface area contributed by atoms with Crippen molar-refractivity contribution in [2.45, 2.75) is 19.3 Å². The van der Waals surface area contributed by atoms with Gasteiger partial charge < -0.3 is 14.5 Å². The zero-order valence-corrected chi connectivity index (χ0v) is 13.3. The molecule has 1 aromatic carbocycles. The molecular weight excluding hydrogens is 299 g/mol. The van der Waals surface area contributed by atoms with E-state index in [1.807, 2.05) is 4.90 Å². The highest BCUT2D eigenvalue weighted by Crippen LogP contribution is 2.29. The third kappa shape index (κ3) is 3.16. The highest BCUT2D eigenvalue weighted by molar-refractivity contribution is 5.97. The van der Waals surface area contributed by atoms with Gasteiger partial charge in [0.05, 0.1) is 12.7 Å². The number of rotatable bonds is 3. The second-order valence-corrected chi connectivity index (χ2v) is 6.09. The van der Waals surface area contributed by atoms with Gasteiger partial charge in [0.1, 0.15) is 11.6 Å². The van der Waals surface area contributed by atoms with Crippen LogP contribution in [0.25, 0.3) is 0 Å². The maximum atomic E-state index is 13.4. The second kappa shape index (κ2) is 6.56. The summed E-state index contributed by atoms with van der Waals surface area (Å²) in [6.45, 7) is 2.02. The molecule has 0 aromatic heterocycles. The number of nitrogens with zero attached hydrogens (tertiary/aromatic N) is 2. The van der Waals surface area contributed by atoms with Gasteiger partial charge in [-0.05, 0) is 31.0 Å². The number of carbonyl (C=O) groups excluding carboxylic acids is 2. The number of piperazine rings is 1. The summed E-state index contributed by atoms with van der Waals surface area (Å²) >= 11 is 0. The molecule has 0 radical (unpaired) electrons. The smallest absolute Gasteiger partial charge is 0.257 e. The number of hydrogen-bond acceptors (Lipinski definition) is 3. The first-order chi connectivity index (χ1) is 11.1. The number of ether oxygens (including phenoxy) is 1. The van der Waals surface area contributed by atoms with Crippen molar-refractivity contribution in [3.8, 4) is 5.75 Å². The lowest BCUT2D eigenvalue weighted by atomic mass is 9.84. The minimum atomic E-state index is -0.465. The lowest BCUT2D eigenvalue weighted by Gasteiger charge is -2.38. The Balaban J connectivity index is 1.64. The van der Waals surface area contributed by atoms with Crippen molar-refractivity contribution in [2.75, 3.05) is 33.3 Å². The summed E-state index contributed by atoms with van der Waals surface area (Å²) in [6.07, 6.45) is 3.10. The molecule has 2 fully saturated rings. The van der Waals surface area contributed by atoms with E-state index in [-0.39, 0.29) is 23.3 Å². The van der Waals surface area contributed by atoms with Crippen molar-refractivity contribution in [1.29, 1.82) is 0 Å². The first kappa shape index (κ1) is 15.8. The molecule has 0 atom stereocenters. The number of benzene rings is 1. The van der Waals surface area contributed by atoms with Crippen LogP contribution in [0.2, 0.25) is 0 Å². The molecule has 6 heteroatoms. The molecule has 124 valence electrons. The van der Waals surface area contributed by atoms with Crippen molar-refractivity contribution < 1.29 is 18.7 Å². The van der Waals surface area contributed by atoms with E-state index in [9.17, 15) is 14.0 Å². The SMILES string of the molecule is COc1ccc(F)cc1C(=O)N1CCN(C(=O)C2CCC2)CC1. The Kier molecular flexibility index (Phi) is 4.50. The van der Waals surface area contributed by atoms with Crippen LogP contribution in [0, 0.1) is 11.7 Å². The monoisotopic (exact) mass is 320 g/mol. The molecule has 3 rings (SSSR count). The lowest BCUT2D eigenvalue weighted by Crippen LogP contribution is -2.52. The van der Waals surface area contributed by atoms with Gasteiger partial charge in [0, 0.05) is 32.1 Å². The van der Waals surface area contributed by atoms with Crippen LogP contribution < -0.4 is 4.74 Å². The van der Waals surface area contributed by atoms with Gasteiger partial charge >= 0.3 is 0 Å². The molecule has 2 amide bonds. The average Bonchev–Trinajstić information content (AvgIpc) is 2.52. The predicted molar refractivity (Wildman–Crippen MR) is 82.8 cm³/mol. The summed E-state index contributed by atoms with van der Waals surface area (Å²) in [7, 11) is 1.46. The third-order valence-electron chi connectivity index (χ3n) is 4.72. The van der Waals surface area contributed by atoms with Gasteiger partial charge in [-0.1, -0.05) is 6.42 Å². The van der Waals surface area contributed by atoms with Crippen LogP contribution in [0.5, 0.6) is 5.75 Å². The molecule has 0 N–H and O–H groups in total. The van der Waals surface area contributed by atoms with Crippen LogP contribution in [0.3, 0.4) is 0 Å². The Morgan fingerprint density at radius 3 is 2.35 bits per heavy atom. The molecule has 0 bridgehead atoms. The zero-order chi connectivity index (χ0) is 16.4. The highest BCUT2D eigenvalue weighted by atomic mass is 19.1. The van der Waals surface area contributed by atoms with Gasteiger partial charge in [-0.3, -0.25) is 9.59 Å². The van der Waals surface area contributed by atoms with Crippen molar-refractivity contribution in [3.63, 3.8) is 0 Å². The average molecular weight is 320 g/mol. The van der Waals surface area contributed by atoms with Crippen molar-refractivity contribution in [3.05, 3.63) is 29.6 Å². The topological polar surface area (TPSA) is 49.9 Å². The van der Waals surface area contributed by atoms with Crippen LogP contribution in [0.15, 0.2) is 18.2 Å². The number of carbonyl (C=O) groups is 2. The molecule has 1 saturated carbocycles. The summed E-state index contributed by atoms with van der Waals surface area (Å²) in [4.78, 5) is 28.3. The number of hydrogen-bond donors (Lipinski definition) is 0. The Hall–Kier alpha value is -2.11. The van der Waals surface area contributed by atoms with E-state index in [0.717, 1.165) is 19.3 Å². The molecule has 5 nitrogen and oxygen atoms in total. The van der Waals surface area contributed by atoms with Crippen molar-refractivity contribution >= 4 is 11.8 Å². The number of methoxy groups -OCH3 is 1. The Morgan fingerprint density at radius 1 is 1.13 bits per heavy atom. The van der Waals surface area contributed by atoms with E-state index in [0.29, 0.717) is 31.9 Å². The molecule has 2 aliphatic rings. The summed E-state index contributed by atoms with van der Waals surface area (Å²) in [5.41, 5.74) is 0.228. The van der Waals surface area contributed by atoms with Gasteiger partial charge in [0.15, 0.2) is 0 Å². The zero-order valence-electron chi connectivity index (χ0n) is 13.3. The maximum absolute atomic E-state index is 13.4. The molecule has 0 unspecified atom stereocenters. The van der Waals surface area contributed by atoms with Crippen molar-refractivity contribution in [2.24, 2.45) is 5.92 Å². The molecule has 23 heavy (non-hydrogen) atoms. The van der Waals surface area contributed by atoms with E-state index < -0.39 is 5.82 Å². The quantitative estimate of drug-likeness (QED) is 0.855. The lowest BCUT2D eigenvalue weighted by molar-refractivity contribution is -0.139. The highest BCUT2D eigenvalue weighted by Gasteiger charge is 2.32. The van der Waals surface area contributed by atoms with E-state index in [2.05, 4.69) is 0 Å². The van der Waals surface area contributed by atoms with Gasteiger partial charge in [0.2, 0.25) is 5.91 Å². The maximum Gasteiger partial charge on any atom is 0.257 e. The Bertz CT molecular complexity index is 608. The molecule has 1 aliphatic heterocycles. The van der Waals surface area contributed by atoms with Gasteiger partial charge in [-0.2, -0.15) is 0 Å². The second-order valence-electron chi connectivity index (χ2n) is 6.09. The standard InChI is InChI=1S/C17H21FN2O3/c1-23-15-6-5-13(18)11-14(15)17(22)20-9-7-19(8-10-20)16(21)12-3-2-4-12/h5-6,11-12H,2-4,7-10H2,1H3. The van der Waals surface area contributed by atoms with Crippen LogP contribution in [-0.4, -0.2) is 54.9 Å². The summed E-state index contributed by atoms with van der Waals surface area (Å²) in [5.74, 6) is 0.0432. The largest absolute Gasteiger partial charge is 0.496 e. The van der Waals surface area contributed by atoms with Crippen LogP contribution in [-0.2, 0) is 4.79 Å². The fraction of sp³-hybridized carbons (Fsp3) is 0.529. The molecule has 1 saturated heterocycles. The Labute approximate surface area is 135 Å². The summed E-state index contributed by atoms with van der Waals surface area (Å²) in [6, 6.07) is 3.93. The first-order valence-corrected chi connectivity index (χ1v) is 8.01. The van der Waals surface area contributed by atoms with Gasteiger partial charge in [-0.15, -0.1) is 0 Å². The van der Waals surface area contributed by atoms with E-state index in [1.165, 1.54) is 25.3 Å². The summed E-state index contributed by atoms with van der Waals surface area (Å²) < 4.78 is 18.6. The molecule has 1 heterocycles. The van der Waals surface area contributed by atoms with E-state index >= 15 is 0 Å².